The molecule has 0 saturated carbocycles. The minimum atomic E-state index is 0.385. The molecule has 1 aliphatic carbocycles. The van der Waals surface area contributed by atoms with E-state index in [1.807, 2.05) is 12.1 Å². The highest BCUT2D eigenvalue weighted by Crippen LogP contribution is 2.40. The van der Waals surface area contributed by atoms with Crippen LogP contribution in [0.3, 0.4) is 0 Å². The summed E-state index contributed by atoms with van der Waals surface area (Å²) in [5, 5.41) is 3.59. The van der Waals surface area contributed by atoms with Crippen LogP contribution in [0.1, 0.15) is 36.2 Å². The average molecular weight is 308 g/mol. The Hall–Kier alpha value is -1.19. The van der Waals surface area contributed by atoms with Crippen molar-refractivity contribution in [1.29, 1.82) is 0 Å². The summed E-state index contributed by atoms with van der Waals surface area (Å²) in [6.07, 6.45) is 3.30. The number of aryl methyl sites for hydroxylation is 1. The lowest BCUT2D eigenvalue weighted by Crippen LogP contribution is -2.06. The van der Waals surface area contributed by atoms with Crippen LogP contribution in [0, 0.1) is 0 Å². The fourth-order valence-corrected chi connectivity index (χ4v) is 3.91. The van der Waals surface area contributed by atoms with E-state index in [0.717, 1.165) is 41.6 Å². The molecule has 0 aliphatic heterocycles. The third-order valence-corrected chi connectivity index (χ3v) is 4.85. The van der Waals surface area contributed by atoms with Crippen molar-refractivity contribution in [2.24, 2.45) is 0 Å². The van der Waals surface area contributed by atoms with Gasteiger partial charge in [-0.2, -0.15) is 0 Å². The van der Waals surface area contributed by atoms with Gasteiger partial charge in [0.25, 0.3) is 0 Å². The summed E-state index contributed by atoms with van der Waals surface area (Å²) >= 11 is 7.80. The van der Waals surface area contributed by atoms with E-state index in [-0.39, 0.29) is 0 Å². The Bertz CT molecular complexity index is 579. The van der Waals surface area contributed by atoms with Gasteiger partial charge >= 0.3 is 0 Å². The van der Waals surface area contributed by atoms with Crippen LogP contribution in [0.15, 0.2) is 30.3 Å². The number of halogens is 1. The molecule has 20 heavy (non-hydrogen) atoms. The van der Waals surface area contributed by atoms with E-state index in [2.05, 4.69) is 30.4 Å². The average Bonchev–Trinajstić information content (AvgIpc) is 2.99. The highest BCUT2D eigenvalue weighted by Gasteiger charge is 2.24. The number of nitrogens with one attached hydrogen (secondary N) is 1. The number of thiophene rings is 1. The lowest BCUT2D eigenvalue weighted by molar-refractivity contribution is 0.317. The summed E-state index contributed by atoms with van der Waals surface area (Å²) in [6, 6.07) is 10.7. The van der Waals surface area contributed by atoms with Crippen LogP contribution in [0.25, 0.3) is 0 Å². The van der Waals surface area contributed by atoms with Gasteiger partial charge in [0.15, 0.2) is 0 Å². The van der Waals surface area contributed by atoms with E-state index in [4.69, 9.17) is 16.3 Å². The molecule has 1 aromatic carbocycles. The van der Waals surface area contributed by atoms with Crippen molar-refractivity contribution in [3.05, 3.63) is 45.1 Å². The molecule has 1 atom stereocenters. The molecule has 0 spiro atoms. The zero-order valence-corrected chi connectivity index (χ0v) is 13.1. The molecule has 3 rings (SSSR count). The van der Waals surface area contributed by atoms with Crippen molar-refractivity contribution in [3.63, 3.8) is 0 Å². The van der Waals surface area contributed by atoms with Gasteiger partial charge < -0.3 is 10.1 Å². The zero-order chi connectivity index (χ0) is 13.9. The van der Waals surface area contributed by atoms with E-state index < -0.39 is 0 Å². The maximum Gasteiger partial charge on any atom is 0.119 e. The van der Waals surface area contributed by atoms with Crippen LogP contribution in [0.4, 0.5) is 5.69 Å². The molecular formula is C16H18ClNOS. The van der Waals surface area contributed by atoms with Crippen molar-refractivity contribution < 1.29 is 4.74 Å². The molecule has 0 amide bonds. The van der Waals surface area contributed by atoms with Gasteiger partial charge in [-0.15, -0.1) is 11.3 Å². The molecule has 4 heteroatoms. The first kappa shape index (κ1) is 13.8. The van der Waals surface area contributed by atoms with E-state index >= 15 is 0 Å². The summed E-state index contributed by atoms with van der Waals surface area (Å²) < 4.78 is 6.49. The van der Waals surface area contributed by atoms with Crippen LogP contribution in [0.5, 0.6) is 5.75 Å². The van der Waals surface area contributed by atoms with Crippen molar-refractivity contribution in [3.8, 4) is 5.75 Å². The minimum absolute atomic E-state index is 0.385. The molecule has 1 unspecified atom stereocenters. The minimum Gasteiger partial charge on any atom is -0.494 e. The molecule has 0 radical (unpaired) electrons. The van der Waals surface area contributed by atoms with Crippen LogP contribution in [-0.2, 0) is 6.42 Å². The van der Waals surface area contributed by atoms with Crippen LogP contribution >= 0.6 is 22.9 Å². The summed E-state index contributed by atoms with van der Waals surface area (Å²) in [6.45, 7) is 2.88. The third-order valence-electron chi connectivity index (χ3n) is 3.52. The van der Waals surface area contributed by atoms with Gasteiger partial charge in [-0.3, -0.25) is 0 Å². The molecule has 0 saturated heterocycles. The first-order valence-corrected chi connectivity index (χ1v) is 8.23. The van der Waals surface area contributed by atoms with Crippen molar-refractivity contribution in [2.45, 2.75) is 32.2 Å². The fraction of sp³-hybridized carbons (Fsp3) is 0.375. The number of hydrogen-bond acceptors (Lipinski definition) is 3. The first-order valence-electron chi connectivity index (χ1n) is 7.04. The number of fused-ring (bicyclic) bond motifs is 1. The Morgan fingerprint density at radius 1 is 1.35 bits per heavy atom. The highest BCUT2D eigenvalue weighted by molar-refractivity contribution is 7.16. The summed E-state index contributed by atoms with van der Waals surface area (Å²) in [5.74, 6) is 0.933. The quantitative estimate of drug-likeness (QED) is 0.810. The topological polar surface area (TPSA) is 21.3 Å². The monoisotopic (exact) mass is 307 g/mol. The highest BCUT2D eigenvalue weighted by atomic mass is 35.5. The lowest BCUT2D eigenvalue weighted by Gasteiger charge is -2.15. The van der Waals surface area contributed by atoms with Gasteiger partial charge in [0.2, 0.25) is 0 Å². The van der Waals surface area contributed by atoms with Crippen LogP contribution in [-0.4, -0.2) is 6.61 Å². The largest absolute Gasteiger partial charge is 0.494 e. The van der Waals surface area contributed by atoms with Crippen molar-refractivity contribution >= 4 is 28.6 Å². The smallest absolute Gasteiger partial charge is 0.119 e. The second-order valence-corrected chi connectivity index (χ2v) is 6.81. The number of ether oxygens (including phenoxy) is 1. The molecule has 106 valence electrons. The predicted molar refractivity (Wildman–Crippen MR) is 86.2 cm³/mol. The van der Waals surface area contributed by atoms with Gasteiger partial charge in [0, 0.05) is 10.6 Å². The molecule has 2 nitrogen and oxygen atoms in total. The summed E-state index contributed by atoms with van der Waals surface area (Å²) in [7, 11) is 0. The molecule has 1 aromatic heterocycles. The fourth-order valence-electron chi connectivity index (χ4n) is 2.55. The van der Waals surface area contributed by atoms with Crippen LogP contribution in [0.2, 0.25) is 4.34 Å². The van der Waals surface area contributed by atoms with Crippen molar-refractivity contribution in [2.75, 3.05) is 11.9 Å². The van der Waals surface area contributed by atoms with E-state index in [1.54, 1.807) is 11.3 Å². The Kier molecular flexibility index (Phi) is 4.18. The third kappa shape index (κ3) is 2.94. The van der Waals surface area contributed by atoms with Gasteiger partial charge in [-0.05, 0) is 55.2 Å². The first-order chi connectivity index (χ1) is 9.76. The van der Waals surface area contributed by atoms with Crippen LogP contribution < -0.4 is 10.1 Å². The Morgan fingerprint density at radius 2 is 2.15 bits per heavy atom. The second kappa shape index (κ2) is 6.06. The summed E-state index contributed by atoms with van der Waals surface area (Å²) in [5.41, 5.74) is 2.50. The normalized spacial score (nSPS) is 17.0. The maximum absolute atomic E-state index is 6.09. The molecular weight excluding hydrogens is 290 g/mol. The van der Waals surface area contributed by atoms with Gasteiger partial charge in [0.1, 0.15) is 5.75 Å². The van der Waals surface area contributed by atoms with Gasteiger partial charge in [0.05, 0.1) is 17.0 Å². The molecule has 0 bridgehead atoms. The number of benzene rings is 1. The maximum atomic E-state index is 6.09. The Morgan fingerprint density at radius 3 is 2.90 bits per heavy atom. The van der Waals surface area contributed by atoms with E-state index in [0.29, 0.717) is 6.04 Å². The van der Waals surface area contributed by atoms with Gasteiger partial charge in [-0.1, -0.05) is 18.5 Å². The standard InChI is InChI=1S/C16H18ClNOS/c1-2-9-19-12-5-3-11(4-6-12)18-14-7-8-15-13(14)10-16(17)20-15/h3-6,10,14,18H,2,7-9H2,1H3. The number of rotatable bonds is 5. The molecule has 0 fully saturated rings. The van der Waals surface area contributed by atoms with E-state index in [1.165, 1.54) is 10.4 Å². The molecule has 2 aromatic rings. The number of anilines is 1. The Balaban J connectivity index is 1.66. The predicted octanol–water partition coefficient (Wildman–Crippen LogP) is 5.29. The molecule has 1 aliphatic rings. The molecule has 1 heterocycles. The second-order valence-electron chi connectivity index (χ2n) is 5.04. The molecule has 1 N–H and O–H groups in total. The van der Waals surface area contributed by atoms with Crippen molar-refractivity contribution in [1.82, 2.24) is 0 Å². The summed E-state index contributed by atoms with van der Waals surface area (Å²) in [4.78, 5) is 1.43. The lowest BCUT2D eigenvalue weighted by atomic mass is 10.1. The zero-order valence-electron chi connectivity index (χ0n) is 11.5. The van der Waals surface area contributed by atoms with Gasteiger partial charge in [-0.25, -0.2) is 0 Å². The Labute approximate surface area is 128 Å². The van der Waals surface area contributed by atoms with E-state index in [9.17, 15) is 0 Å². The number of hydrogen-bond donors (Lipinski definition) is 1. The SMILES string of the molecule is CCCOc1ccc(NC2CCc3sc(Cl)cc32)cc1.